The van der Waals surface area contributed by atoms with Crippen molar-refractivity contribution in [2.24, 2.45) is 5.92 Å². The van der Waals surface area contributed by atoms with Crippen LogP contribution in [-0.2, 0) is 9.84 Å². The maximum absolute atomic E-state index is 13.4. The lowest BCUT2D eigenvalue weighted by atomic mass is 9.97. The van der Waals surface area contributed by atoms with Gasteiger partial charge in [0.25, 0.3) is 0 Å². The lowest BCUT2D eigenvalue weighted by Gasteiger charge is -2.08. The molecule has 3 nitrogen and oxygen atoms in total. The van der Waals surface area contributed by atoms with E-state index in [2.05, 4.69) is 0 Å². The predicted molar refractivity (Wildman–Crippen MR) is 62.0 cm³/mol. The van der Waals surface area contributed by atoms with E-state index < -0.39 is 38.6 Å². The van der Waals surface area contributed by atoms with Crippen LogP contribution in [0.25, 0.3) is 0 Å². The summed E-state index contributed by atoms with van der Waals surface area (Å²) in [6.45, 7) is 0. The molecule has 1 heterocycles. The van der Waals surface area contributed by atoms with Crippen LogP contribution < -0.4 is 0 Å². The maximum Gasteiger partial charge on any atom is 0.195 e. The summed E-state index contributed by atoms with van der Waals surface area (Å²) in [5, 5.41) is 0. The first-order valence-electron chi connectivity index (χ1n) is 5.67. The lowest BCUT2D eigenvalue weighted by molar-refractivity contribution is 0.0960. The van der Waals surface area contributed by atoms with E-state index in [0.29, 0.717) is 12.5 Å². The van der Waals surface area contributed by atoms with Gasteiger partial charge in [0.15, 0.2) is 33.1 Å². The predicted octanol–water partition coefficient (Wildman–Crippen LogP) is 2.11. The van der Waals surface area contributed by atoms with Crippen LogP contribution in [0.1, 0.15) is 23.2 Å². The monoisotopic (exact) mass is 292 g/mol. The fourth-order valence-corrected chi connectivity index (χ4v) is 4.01. The summed E-state index contributed by atoms with van der Waals surface area (Å²) in [4.78, 5) is 11.8. The molecule has 0 radical (unpaired) electrons. The fraction of sp³-hybridized carbons (Fsp3) is 0.417. The molecule has 1 saturated heterocycles. The summed E-state index contributed by atoms with van der Waals surface area (Å²) in [6, 6.07) is 1.55. The number of hydrogen-bond donors (Lipinski definition) is 0. The highest BCUT2D eigenvalue weighted by atomic mass is 32.2. The minimum absolute atomic E-state index is 0.00517. The van der Waals surface area contributed by atoms with Gasteiger partial charge in [-0.15, -0.1) is 0 Å². The number of halogens is 3. The van der Waals surface area contributed by atoms with Gasteiger partial charge in [0.1, 0.15) is 0 Å². The topological polar surface area (TPSA) is 51.2 Å². The molecule has 0 aromatic heterocycles. The zero-order chi connectivity index (χ0) is 14.2. The molecule has 0 N–H and O–H groups in total. The Hall–Kier alpha value is -1.37. The van der Waals surface area contributed by atoms with E-state index in [1.807, 2.05) is 0 Å². The molecule has 19 heavy (non-hydrogen) atoms. The van der Waals surface area contributed by atoms with Crippen molar-refractivity contribution in [2.45, 2.75) is 12.8 Å². The molecule has 0 bridgehead atoms. The van der Waals surface area contributed by atoms with Gasteiger partial charge in [0, 0.05) is 6.42 Å². The van der Waals surface area contributed by atoms with Crippen molar-refractivity contribution in [2.75, 3.05) is 11.5 Å². The smallest absolute Gasteiger partial charge is 0.195 e. The quantitative estimate of drug-likeness (QED) is 0.633. The Labute approximate surface area is 108 Å². The second-order valence-corrected chi connectivity index (χ2v) is 6.85. The molecule has 104 valence electrons. The molecule has 0 saturated carbocycles. The van der Waals surface area contributed by atoms with Gasteiger partial charge in [-0.3, -0.25) is 4.79 Å². The third kappa shape index (κ3) is 2.97. The zero-order valence-electron chi connectivity index (χ0n) is 9.83. The van der Waals surface area contributed by atoms with Gasteiger partial charge in [0.05, 0.1) is 17.1 Å². The molecule has 1 fully saturated rings. The Morgan fingerprint density at radius 1 is 1.21 bits per heavy atom. The molecule has 1 aromatic rings. The summed E-state index contributed by atoms with van der Waals surface area (Å²) in [5.41, 5.74) is -0.539. The number of Topliss-reactive ketones (excluding diaryl/α,β-unsaturated/α-hetero) is 1. The van der Waals surface area contributed by atoms with E-state index in [1.54, 1.807) is 0 Å². The van der Waals surface area contributed by atoms with Crippen molar-refractivity contribution in [3.8, 4) is 0 Å². The number of carbonyl (C=O) groups excluding carboxylic acids is 1. The Kier molecular flexibility index (Phi) is 3.66. The average Bonchev–Trinajstić information content (AvgIpc) is 2.65. The maximum atomic E-state index is 13.4. The van der Waals surface area contributed by atoms with Crippen LogP contribution in [-0.4, -0.2) is 25.7 Å². The number of benzene rings is 1. The van der Waals surface area contributed by atoms with Crippen molar-refractivity contribution >= 4 is 15.6 Å². The standard InChI is InChI=1S/C12H11F3O3S/c13-9-2-1-8(11(14)12(9)15)10(16)5-7-3-4-19(17,18)6-7/h1-2,7H,3-6H2. The third-order valence-corrected chi connectivity index (χ3v) is 4.97. The highest BCUT2D eigenvalue weighted by Gasteiger charge is 2.30. The first-order chi connectivity index (χ1) is 8.80. The van der Waals surface area contributed by atoms with Gasteiger partial charge in [-0.2, -0.15) is 0 Å². The Morgan fingerprint density at radius 3 is 2.47 bits per heavy atom. The zero-order valence-corrected chi connectivity index (χ0v) is 10.6. The van der Waals surface area contributed by atoms with Crippen molar-refractivity contribution in [1.29, 1.82) is 0 Å². The molecule has 1 atom stereocenters. The van der Waals surface area contributed by atoms with Gasteiger partial charge >= 0.3 is 0 Å². The highest BCUT2D eigenvalue weighted by Crippen LogP contribution is 2.25. The van der Waals surface area contributed by atoms with Crippen molar-refractivity contribution < 1.29 is 26.4 Å². The van der Waals surface area contributed by atoms with Crippen LogP contribution in [0.3, 0.4) is 0 Å². The van der Waals surface area contributed by atoms with E-state index in [4.69, 9.17) is 0 Å². The fourth-order valence-electron chi connectivity index (χ4n) is 2.15. The van der Waals surface area contributed by atoms with Crippen molar-refractivity contribution in [1.82, 2.24) is 0 Å². The molecule has 0 spiro atoms. The second kappa shape index (κ2) is 4.96. The van der Waals surface area contributed by atoms with Crippen LogP contribution in [0.2, 0.25) is 0 Å². The first-order valence-corrected chi connectivity index (χ1v) is 7.49. The molecule has 0 aliphatic carbocycles. The van der Waals surface area contributed by atoms with Crippen molar-refractivity contribution in [3.63, 3.8) is 0 Å². The normalized spacial score (nSPS) is 21.5. The Bertz CT molecular complexity index is 625. The van der Waals surface area contributed by atoms with Gasteiger partial charge in [-0.1, -0.05) is 0 Å². The van der Waals surface area contributed by atoms with Crippen LogP contribution in [0.4, 0.5) is 13.2 Å². The summed E-state index contributed by atoms with van der Waals surface area (Å²) in [7, 11) is -3.13. The largest absolute Gasteiger partial charge is 0.294 e. The second-order valence-electron chi connectivity index (χ2n) is 4.62. The average molecular weight is 292 g/mol. The summed E-state index contributed by atoms with van der Waals surface area (Å²) in [6.07, 6.45) is 0.153. The molecule has 1 aliphatic rings. The third-order valence-electron chi connectivity index (χ3n) is 3.14. The SMILES string of the molecule is O=C(CC1CCS(=O)(=O)C1)c1ccc(F)c(F)c1F. The van der Waals surface area contributed by atoms with Crippen molar-refractivity contribution in [3.05, 3.63) is 35.1 Å². The number of ketones is 1. The first kappa shape index (κ1) is 14.0. The molecule has 0 amide bonds. The molecule has 1 aliphatic heterocycles. The number of rotatable bonds is 3. The molecule has 7 heteroatoms. The Balaban J connectivity index is 2.15. The number of hydrogen-bond acceptors (Lipinski definition) is 3. The molecule has 1 unspecified atom stereocenters. The van der Waals surface area contributed by atoms with Gasteiger partial charge in [0.2, 0.25) is 0 Å². The van der Waals surface area contributed by atoms with Gasteiger partial charge < -0.3 is 0 Å². The van der Waals surface area contributed by atoms with Crippen LogP contribution in [0, 0.1) is 23.4 Å². The number of sulfone groups is 1. The Morgan fingerprint density at radius 2 is 1.89 bits per heavy atom. The molecular weight excluding hydrogens is 281 g/mol. The highest BCUT2D eigenvalue weighted by molar-refractivity contribution is 7.91. The van der Waals surface area contributed by atoms with E-state index >= 15 is 0 Å². The summed E-state index contributed by atoms with van der Waals surface area (Å²) >= 11 is 0. The van der Waals surface area contributed by atoms with Crippen LogP contribution in [0.5, 0.6) is 0 Å². The molecule has 2 rings (SSSR count). The minimum Gasteiger partial charge on any atom is -0.294 e. The van der Waals surface area contributed by atoms with E-state index in [9.17, 15) is 26.4 Å². The number of carbonyl (C=O) groups is 1. The van der Waals surface area contributed by atoms with Crippen LogP contribution >= 0.6 is 0 Å². The molecular formula is C12H11F3O3S. The van der Waals surface area contributed by atoms with Crippen LogP contribution in [0.15, 0.2) is 12.1 Å². The van der Waals surface area contributed by atoms with Gasteiger partial charge in [-0.25, -0.2) is 21.6 Å². The lowest BCUT2D eigenvalue weighted by Crippen LogP contribution is -2.13. The summed E-state index contributed by atoms with van der Waals surface area (Å²) in [5.74, 6) is -5.79. The van der Waals surface area contributed by atoms with E-state index in [1.165, 1.54) is 0 Å². The molecule has 1 aromatic carbocycles. The summed E-state index contributed by atoms with van der Waals surface area (Å²) < 4.78 is 61.6. The van der Waals surface area contributed by atoms with Gasteiger partial charge in [-0.05, 0) is 24.5 Å². The minimum atomic E-state index is -3.13. The van der Waals surface area contributed by atoms with E-state index in [-0.39, 0.29) is 23.8 Å². The van der Waals surface area contributed by atoms with E-state index in [0.717, 1.165) is 6.07 Å².